The minimum Gasteiger partial charge on any atom is -0.339 e. The van der Waals surface area contributed by atoms with Crippen molar-refractivity contribution < 1.29 is 4.79 Å². The zero-order valence-electron chi connectivity index (χ0n) is 11.7. The third kappa shape index (κ3) is 2.81. The lowest BCUT2D eigenvalue weighted by Gasteiger charge is -2.27. The van der Waals surface area contributed by atoms with Crippen molar-refractivity contribution in [2.45, 2.75) is 45.7 Å². The zero-order chi connectivity index (χ0) is 12.6. The van der Waals surface area contributed by atoms with Gasteiger partial charge in [-0.25, -0.2) is 0 Å². The first kappa shape index (κ1) is 15.7. The summed E-state index contributed by atoms with van der Waals surface area (Å²) in [5.41, 5.74) is 6.03. The summed E-state index contributed by atoms with van der Waals surface area (Å²) in [6.07, 6.45) is 2.10. The number of rotatable bonds is 3. The number of nitrogens with zero attached hydrogens (tertiary/aromatic N) is 2. The Labute approximate surface area is 116 Å². The molecular formula is C13H26ClN3O. The first-order valence-electron chi connectivity index (χ1n) is 6.71. The quantitative estimate of drug-likeness (QED) is 0.839. The Morgan fingerprint density at radius 3 is 2.56 bits per heavy atom. The normalized spacial score (nSPS) is 33.3. The van der Waals surface area contributed by atoms with Crippen LogP contribution < -0.4 is 5.73 Å². The van der Waals surface area contributed by atoms with Gasteiger partial charge >= 0.3 is 0 Å². The van der Waals surface area contributed by atoms with Gasteiger partial charge in [-0.05, 0) is 45.2 Å². The highest BCUT2D eigenvalue weighted by atomic mass is 35.5. The monoisotopic (exact) mass is 275 g/mol. The molecule has 0 spiro atoms. The minimum atomic E-state index is 0. The number of hydrogen-bond donors (Lipinski definition) is 1. The van der Waals surface area contributed by atoms with Crippen LogP contribution in [0, 0.1) is 5.41 Å². The van der Waals surface area contributed by atoms with Gasteiger partial charge in [0, 0.05) is 19.1 Å². The molecule has 5 heteroatoms. The van der Waals surface area contributed by atoms with Crippen molar-refractivity contribution in [3.63, 3.8) is 0 Å². The van der Waals surface area contributed by atoms with E-state index in [2.05, 4.69) is 25.7 Å². The summed E-state index contributed by atoms with van der Waals surface area (Å²) in [7, 11) is 0. The van der Waals surface area contributed by atoms with Gasteiger partial charge in [0.25, 0.3) is 0 Å². The molecule has 0 aromatic heterocycles. The van der Waals surface area contributed by atoms with E-state index in [0.29, 0.717) is 11.9 Å². The van der Waals surface area contributed by atoms with Gasteiger partial charge in [-0.3, -0.25) is 9.69 Å². The molecule has 2 rings (SSSR count). The highest BCUT2D eigenvalue weighted by molar-refractivity contribution is 5.85. The molecule has 0 bridgehead atoms. The van der Waals surface area contributed by atoms with Crippen LogP contribution in [0.2, 0.25) is 0 Å². The first-order chi connectivity index (χ1) is 7.97. The van der Waals surface area contributed by atoms with Crippen molar-refractivity contribution in [1.29, 1.82) is 0 Å². The molecule has 0 aromatic rings. The van der Waals surface area contributed by atoms with Crippen molar-refractivity contribution in [3.05, 3.63) is 0 Å². The standard InChI is InChI=1S/C13H25N3O.ClH/c1-10(2)16-6-4-11(12(16)17)15-7-5-13(3,8-14)9-15;/h10-11H,4-9,14H2,1-3H3;1H. The molecule has 4 nitrogen and oxygen atoms in total. The average Bonchev–Trinajstić information content (AvgIpc) is 2.83. The molecule has 2 aliphatic rings. The maximum Gasteiger partial charge on any atom is 0.240 e. The van der Waals surface area contributed by atoms with Gasteiger partial charge in [0.1, 0.15) is 0 Å². The minimum absolute atomic E-state index is 0. The topological polar surface area (TPSA) is 49.6 Å². The van der Waals surface area contributed by atoms with Crippen LogP contribution in [0.1, 0.15) is 33.6 Å². The molecule has 0 aromatic carbocycles. The van der Waals surface area contributed by atoms with E-state index in [1.807, 2.05) is 4.90 Å². The van der Waals surface area contributed by atoms with E-state index in [0.717, 1.165) is 39.0 Å². The van der Waals surface area contributed by atoms with Crippen LogP contribution in [0.5, 0.6) is 0 Å². The van der Waals surface area contributed by atoms with Crippen molar-refractivity contribution in [2.75, 3.05) is 26.2 Å². The second kappa shape index (κ2) is 5.76. The Morgan fingerprint density at radius 1 is 1.44 bits per heavy atom. The molecule has 2 aliphatic heterocycles. The fraction of sp³-hybridized carbons (Fsp3) is 0.923. The summed E-state index contributed by atoms with van der Waals surface area (Å²) in [6.45, 7) is 10.0. The summed E-state index contributed by atoms with van der Waals surface area (Å²) < 4.78 is 0. The summed E-state index contributed by atoms with van der Waals surface area (Å²) in [5.74, 6) is 0.321. The van der Waals surface area contributed by atoms with Gasteiger partial charge in [0.15, 0.2) is 0 Å². The molecule has 2 atom stereocenters. The molecule has 0 saturated carbocycles. The average molecular weight is 276 g/mol. The third-order valence-electron chi connectivity index (χ3n) is 4.36. The number of amides is 1. The number of nitrogens with two attached hydrogens (primary N) is 1. The molecular weight excluding hydrogens is 250 g/mol. The Hall–Kier alpha value is -0.320. The largest absolute Gasteiger partial charge is 0.339 e. The van der Waals surface area contributed by atoms with Crippen LogP contribution in [0.15, 0.2) is 0 Å². The Morgan fingerprint density at radius 2 is 2.11 bits per heavy atom. The van der Waals surface area contributed by atoms with Crippen molar-refractivity contribution >= 4 is 18.3 Å². The molecule has 2 N–H and O–H groups in total. The molecule has 2 saturated heterocycles. The van der Waals surface area contributed by atoms with Gasteiger partial charge in [-0.1, -0.05) is 6.92 Å². The molecule has 2 unspecified atom stereocenters. The molecule has 0 radical (unpaired) electrons. The smallest absolute Gasteiger partial charge is 0.240 e. The molecule has 1 amide bonds. The maximum atomic E-state index is 12.3. The van der Waals surface area contributed by atoms with Crippen LogP contribution >= 0.6 is 12.4 Å². The van der Waals surface area contributed by atoms with Crippen molar-refractivity contribution in [2.24, 2.45) is 11.1 Å². The van der Waals surface area contributed by atoms with E-state index in [4.69, 9.17) is 5.73 Å². The van der Waals surface area contributed by atoms with Crippen LogP contribution in [-0.2, 0) is 4.79 Å². The van der Waals surface area contributed by atoms with E-state index in [-0.39, 0.29) is 23.9 Å². The van der Waals surface area contributed by atoms with E-state index in [1.54, 1.807) is 0 Å². The molecule has 0 aliphatic carbocycles. The Bertz CT molecular complexity index is 311. The van der Waals surface area contributed by atoms with Gasteiger partial charge in [-0.2, -0.15) is 0 Å². The number of halogens is 1. The lowest BCUT2D eigenvalue weighted by atomic mass is 9.90. The number of hydrogen-bond acceptors (Lipinski definition) is 3. The second-order valence-electron chi connectivity index (χ2n) is 6.17. The van der Waals surface area contributed by atoms with Crippen molar-refractivity contribution in [1.82, 2.24) is 9.80 Å². The first-order valence-corrected chi connectivity index (χ1v) is 6.71. The Kier molecular flexibility index (Phi) is 5.04. The van der Waals surface area contributed by atoms with Gasteiger partial charge in [-0.15, -0.1) is 12.4 Å². The third-order valence-corrected chi connectivity index (χ3v) is 4.36. The number of carbonyl (C=O) groups excluding carboxylic acids is 1. The second-order valence-corrected chi connectivity index (χ2v) is 6.17. The molecule has 106 valence electrons. The highest BCUT2D eigenvalue weighted by Gasteiger charge is 2.42. The van der Waals surface area contributed by atoms with Crippen LogP contribution in [-0.4, -0.2) is 54.0 Å². The van der Waals surface area contributed by atoms with E-state index in [1.165, 1.54) is 0 Å². The summed E-state index contributed by atoms with van der Waals surface area (Å²) in [6, 6.07) is 0.446. The van der Waals surface area contributed by atoms with E-state index in [9.17, 15) is 4.79 Å². The fourth-order valence-corrected chi connectivity index (χ4v) is 3.03. The predicted molar refractivity (Wildman–Crippen MR) is 75.9 cm³/mol. The summed E-state index contributed by atoms with van der Waals surface area (Å²) in [4.78, 5) is 16.6. The summed E-state index contributed by atoms with van der Waals surface area (Å²) >= 11 is 0. The lowest BCUT2D eigenvalue weighted by Crippen LogP contribution is -2.43. The van der Waals surface area contributed by atoms with Gasteiger partial charge in [0.05, 0.1) is 6.04 Å². The number of likely N-dealkylation sites (tertiary alicyclic amines) is 2. The summed E-state index contributed by atoms with van der Waals surface area (Å²) in [5, 5.41) is 0. The molecule has 2 fully saturated rings. The Balaban J connectivity index is 0.00000162. The van der Waals surface area contributed by atoms with Crippen LogP contribution in [0.3, 0.4) is 0 Å². The fourth-order valence-electron chi connectivity index (χ4n) is 3.03. The predicted octanol–water partition coefficient (Wildman–Crippen LogP) is 1.09. The number of carbonyl (C=O) groups is 1. The van der Waals surface area contributed by atoms with Gasteiger partial charge < -0.3 is 10.6 Å². The molecule has 18 heavy (non-hydrogen) atoms. The van der Waals surface area contributed by atoms with E-state index >= 15 is 0 Å². The van der Waals surface area contributed by atoms with Crippen LogP contribution in [0.25, 0.3) is 0 Å². The lowest BCUT2D eigenvalue weighted by molar-refractivity contribution is -0.133. The van der Waals surface area contributed by atoms with Gasteiger partial charge in [0.2, 0.25) is 5.91 Å². The highest BCUT2D eigenvalue weighted by Crippen LogP contribution is 2.32. The van der Waals surface area contributed by atoms with Crippen molar-refractivity contribution in [3.8, 4) is 0 Å². The van der Waals surface area contributed by atoms with Crippen LogP contribution in [0.4, 0.5) is 0 Å². The maximum absolute atomic E-state index is 12.3. The molecule has 2 heterocycles. The van der Waals surface area contributed by atoms with E-state index < -0.39 is 0 Å². The zero-order valence-corrected chi connectivity index (χ0v) is 12.5. The SMILES string of the molecule is CC(C)N1CCC(N2CCC(C)(CN)C2)C1=O.Cl.